The predicted molar refractivity (Wildman–Crippen MR) is 99.5 cm³/mol. The van der Waals surface area contributed by atoms with Crippen LogP contribution in [-0.4, -0.2) is 55.1 Å². The van der Waals surface area contributed by atoms with Gasteiger partial charge in [0.1, 0.15) is 0 Å². The van der Waals surface area contributed by atoms with E-state index in [1.165, 1.54) is 4.90 Å². The van der Waals surface area contributed by atoms with E-state index in [-0.39, 0.29) is 30.3 Å². The van der Waals surface area contributed by atoms with Gasteiger partial charge in [0.15, 0.2) is 0 Å². The van der Waals surface area contributed by atoms with E-state index in [0.29, 0.717) is 25.7 Å². The summed E-state index contributed by atoms with van der Waals surface area (Å²) in [6, 6.07) is -1.14. The minimum absolute atomic E-state index is 0.0504. The van der Waals surface area contributed by atoms with Gasteiger partial charge in [-0.3, -0.25) is 4.79 Å². The number of hydrogen-bond acceptors (Lipinski definition) is 4. The third-order valence-electron chi connectivity index (χ3n) is 5.61. The quantitative estimate of drug-likeness (QED) is 0.535. The molecule has 0 spiro atoms. The van der Waals surface area contributed by atoms with Crippen LogP contribution in [0.2, 0.25) is 0 Å². The molecule has 0 aromatic heterocycles. The van der Waals surface area contributed by atoms with Crippen molar-refractivity contribution in [1.82, 2.24) is 14.9 Å². The Hall–Kier alpha value is -2.55. The number of amides is 2. The van der Waals surface area contributed by atoms with Crippen LogP contribution in [0.1, 0.15) is 36.8 Å². The molecule has 3 rings (SSSR count). The second-order valence-corrected chi connectivity index (χ2v) is 9.64. The first-order valence-corrected chi connectivity index (χ1v) is 11.2. The van der Waals surface area contributed by atoms with Gasteiger partial charge >= 0.3 is 18.4 Å². The molecule has 1 aromatic carbocycles. The molecule has 184 valence electrons. The molecule has 1 aromatic rings. The summed E-state index contributed by atoms with van der Waals surface area (Å²) < 4.78 is 104. The van der Waals surface area contributed by atoms with Crippen LogP contribution in [0.25, 0.3) is 0 Å². The highest BCUT2D eigenvalue weighted by atomic mass is 32.2. The van der Waals surface area contributed by atoms with Crippen LogP contribution in [0.3, 0.4) is 0 Å². The van der Waals surface area contributed by atoms with Crippen molar-refractivity contribution in [3.63, 3.8) is 0 Å². The number of carbonyl (C=O) groups is 2. The molecule has 2 aliphatic rings. The zero-order chi connectivity index (χ0) is 24.8. The lowest BCUT2D eigenvalue weighted by Gasteiger charge is -2.37. The maximum Gasteiger partial charge on any atom is 0.416 e. The molecule has 0 aliphatic carbocycles. The van der Waals surface area contributed by atoms with Gasteiger partial charge < -0.3 is 15.3 Å². The number of benzene rings is 1. The lowest BCUT2D eigenvalue weighted by Crippen LogP contribution is -2.53. The van der Waals surface area contributed by atoms with Crippen LogP contribution in [0, 0.1) is 0 Å². The summed E-state index contributed by atoms with van der Waals surface area (Å²) in [5.41, 5.74) is -3.61. The molecule has 2 fully saturated rings. The molecule has 2 atom stereocenters. The fourth-order valence-electron chi connectivity index (χ4n) is 4.21. The Bertz CT molecular complexity index is 997. The lowest BCUT2D eigenvalue weighted by molar-refractivity contribution is -0.143. The highest BCUT2D eigenvalue weighted by molar-refractivity contribution is 7.89. The number of sulfonamides is 1. The SMILES string of the molecule is O=C(CNS(=O)(=O)c1cc(C(F)(F)F)cc(C(F)(F)F)c1)NC1CC2CCC(C1)N2C(=O)O. The summed E-state index contributed by atoms with van der Waals surface area (Å²) >= 11 is 0. The predicted octanol–water partition coefficient (Wildman–Crippen LogP) is 2.79. The summed E-state index contributed by atoms with van der Waals surface area (Å²) in [4.78, 5) is 23.5. The van der Waals surface area contributed by atoms with E-state index in [4.69, 9.17) is 0 Å². The second-order valence-electron chi connectivity index (χ2n) is 7.88. The number of fused-ring (bicyclic) bond motifs is 2. The molecular weight excluding hydrogens is 484 g/mol. The average molecular weight is 503 g/mol. The molecule has 33 heavy (non-hydrogen) atoms. The standard InChI is InChI=1S/C18H19F6N3O5S/c19-17(20,21)9-3-10(18(22,23)24)5-14(4-9)33(31,32)25-8-15(28)26-11-6-12-1-2-13(7-11)27(12)16(29)30/h3-5,11-13,25H,1-2,6-8H2,(H,26,28)(H,29,30). The van der Waals surface area contributed by atoms with Crippen LogP contribution < -0.4 is 10.0 Å². The number of hydrogen-bond donors (Lipinski definition) is 3. The van der Waals surface area contributed by atoms with E-state index < -0.39 is 63.0 Å². The minimum Gasteiger partial charge on any atom is -0.465 e. The molecule has 2 bridgehead atoms. The Kier molecular flexibility index (Phi) is 6.59. The molecule has 2 aliphatic heterocycles. The van der Waals surface area contributed by atoms with Gasteiger partial charge in [-0.2, -0.15) is 26.3 Å². The molecule has 15 heteroatoms. The summed E-state index contributed by atoms with van der Waals surface area (Å²) in [5, 5.41) is 11.8. The normalized spacial score (nSPS) is 23.5. The van der Waals surface area contributed by atoms with Gasteiger partial charge in [-0.05, 0) is 43.9 Å². The summed E-state index contributed by atoms with van der Waals surface area (Å²) in [7, 11) is -4.89. The number of alkyl halides is 6. The molecule has 2 saturated heterocycles. The maximum absolute atomic E-state index is 13.0. The van der Waals surface area contributed by atoms with E-state index >= 15 is 0 Å². The zero-order valence-electron chi connectivity index (χ0n) is 16.7. The van der Waals surface area contributed by atoms with Crippen LogP contribution >= 0.6 is 0 Å². The molecule has 2 amide bonds. The zero-order valence-corrected chi connectivity index (χ0v) is 17.5. The van der Waals surface area contributed by atoms with E-state index in [1.807, 2.05) is 0 Å². The van der Waals surface area contributed by atoms with Crippen LogP contribution in [0.15, 0.2) is 23.1 Å². The van der Waals surface area contributed by atoms with Gasteiger partial charge in [0.25, 0.3) is 0 Å². The number of piperidine rings is 1. The third-order valence-corrected chi connectivity index (χ3v) is 6.99. The van der Waals surface area contributed by atoms with E-state index in [2.05, 4.69) is 5.32 Å². The van der Waals surface area contributed by atoms with Gasteiger partial charge in [0.2, 0.25) is 15.9 Å². The minimum atomic E-state index is -5.23. The number of nitrogens with zero attached hydrogens (tertiary/aromatic N) is 1. The molecule has 0 radical (unpaired) electrons. The summed E-state index contributed by atoms with van der Waals surface area (Å²) in [6.45, 7) is -0.922. The highest BCUT2D eigenvalue weighted by Crippen LogP contribution is 2.37. The van der Waals surface area contributed by atoms with Crippen molar-refractivity contribution < 1.29 is 49.5 Å². The van der Waals surface area contributed by atoms with Crippen molar-refractivity contribution in [1.29, 1.82) is 0 Å². The van der Waals surface area contributed by atoms with E-state index in [0.717, 1.165) is 0 Å². The maximum atomic E-state index is 13.0. The van der Waals surface area contributed by atoms with Gasteiger partial charge in [0, 0.05) is 18.1 Å². The van der Waals surface area contributed by atoms with Gasteiger partial charge in [-0.1, -0.05) is 0 Å². The first-order valence-electron chi connectivity index (χ1n) is 9.67. The molecule has 2 heterocycles. The Balaban J connectivity index is 1.68. The fraction of sp³-hybridized carbons (Fsp3) is 0.556. The van der Waals surface area contributed by atoms with E-state index in [9.17, 15) is 49.5 Å². The number of rotatable bonds is 5. The summed E-state index contributed by atoms with van der Waals surface area (Å²) in [5.74, 6) is -0.852. The Morgan fingerprint density at radius 2 is 1.45 bits per heavy atom. The molecule has 8 nitrogen and oxygen atoms in total. The number of halogens is 6. The Morgan fingerprint density at radius 3 is 1.88 bits per heavy atom. The average Bonchev–Trinajstić information content (AvgIpc) is 2.96. The molecule has 3 N–H and O–H groups in total. The van der Waals surface area contributed by atoms with Crippen molar-refractivity contribution in [3.05, 3.63) is 29.3 Å². The van der Waals surface area contributed by atoms with Crippen LogP contribution in [0.5, 0.6) is 0 Å². The van der Waals surface area contributed by atoms with Crippen molar-refractivity contribution >= 4 is 22.0 Å². The Morgan fingerprint density at radius 1 is 0.970 bits per heavy atom. The molecular formula is C18H19F6N3O5S. The molecule has 0 saturated carbocycles. The Labute approximate surface area is 184 Å². The molecule has 2 unspecified atom stereocenters. The lowest BCUT2D eigenvalue weighted by atomic mass is 9.98. The largest absolute Gasteiger partial charge is 0.465 e. The smallest absolute Gasteiger partial charge is 0.416 e. The number of carboxylic acid groups (broad SMARTS) is 1. The first-order chi connectivity index (χ1) is 15.1. The monoisotopic (exact) mass is 503 g/mol. The van der Waals surface area contributed by atoms with Gasteiger partial charge in [-0.15, -0.1) is 0 Å². The van der Waals surface area contributed by atoms with Crippen molar-refractivity contribution in [3.8, 4) is 0 Å². The van der Waals surface area contributed by atoms with Gasteiger partial charge in [0.05, 0.1) is 22.6 Å². The highest BCUT2D eigenvalue weighted by Gasteiger charge is 2.44. The topological polar surface area (TPSA) is 116 Å². The number of carbonyl (C=O) groups excluding carboxylic acids is 1. The van der Waals surface area contributed by atoms with Crippen LogP contribution in [-0.2, 0) is 27.2 Å². The second kappa shape index (κ2) is 8.66. The van der Waals surface area contributed by atoms with Crippen molar-refractivity contribution in [2.75, 3.05) is 6.54 Å². The number of nitrogens with one attached hydrogen (secondary N) is 2. The fourth-order valence-corrected chi connectivity index (χ4v) is 5.26. The van der Waals surface area contributed by atoms with E-state index in [1.54, 1.807) is 4.72 Å². The van der Waals surface area contributed by atoms with Crippen molar-refractivity contribution in [2.45, 2.75) is 61.1 Å². The third kappa shape index (κ3) is 5.69. The summed E-state index contributed by atoms with van der Waals surface area (Å²) in [6.07, 6.45) is -9.67. The van der Waals surface area contributed by atoms with Gasteiger partial charge in [-0.25, -0.2) is 17.9 Å². The van der Waals surface area contributed by atoms with Crippen molar-refractivity contribution in [2.24, 2.45) is 0 Å². The van der Waals surface area contributed by atoms with Crippen LogP contribution in [0.4, 0.5) is 31.1 Å². The first kappa shape index (κ1) is 25.1.